The lowest BCUT2D eigenvalue weighted by atomic mass is 10.0. The van der Waals surface area contributed by atoms with Crippen LogP contribution in [0.2, 0.25) is 0 Å². The van der Waals surface area contributed by atoms with Gasteiger partial charge in [-0.3, -0.25) is 14.5 Å². The van der Waals surface area contributed by atoms with Gasteiger partial charge in [0.25, 0.3) is 11.5 Å². The number of aromatic amines is 1. The van der Waals surface area contributed by atoms with Crippen molar-refractivity contribution in [3.63, 3.8) is 0 Å². The predicted octanol–water partition coefficient (Wildman–Crippen LogP) is 4.57. The Bertz CT molecular complexity index is 1690. The third kappa shape index (κ3) is 5.85. The summed E-state index contributed by atoms with van der Waals surface area (Å²) in [4.78, 5) is 31.5. The number of aryl methyl sites for hydroxylation is 2. The molecular formula is C33H40N4O6. The number of ether oxygens (including phenoxy) is 4. The quantitative estimate of drug-likeness (QED) is 0.295. The van der Waals surface area contributed by atoms with Crippen LogP contribution in [0.3, 0.4) is 0 Å². The molecule has 1 saturated heterocycles. The molecule has 43 heavy (non-hydrogen) atoms. The predicted molar refractivity (Wildman–Crippen MR) is 166 cm³/mol. The van der Waals surface area contributed by atoms with E-state index in [9.17, 15) is 9.59 Å². The topological polar surface area (TPSA) is 107 Å². The Kier molecular flexibility index (Phi) is 8.79. The van der Waals surface area contributed by atoms with Gasteiger partial charge in [-0.25, -0.2) is 0 Å². The van der Waals surface area contributed by atoms with Crippen molar-refractivity contribution in [1.29, 1.82) is 0 Å². The number of carbonyl (C=O) groups excluding carboxylic acids is 1. The van der Waals surface area contributed by atoms with Crippen LogP contribution in [0.25, 0.3) is 16.6 Å². The second kappa shape index (κ2) is 12.5. The highest BCUT2D eigenvalue weighted by molar-refractivity contribution is 5.97. The molecule has 1 unspecified atom stereocenters. The van der Waals surface area contributed by atoms with E-state index in [1.165, 1.54) is 0 Å². The summed E-state index contributed by atoms with van der Waals surface area (Å²) in [5, 5.41) is 3.00. The van der Waals surface area contributed by atoms with E-state index in [0.29, 0.717) is 41.6 Å². The number of carbonyl (C=O) groups is 1. The van der Waals surface area contributed by atoms with Gasteiger partial charge in [-0.15, -0.1) is 0 Å². The van der Waals surface area contributed by atoms with Crippen LogP contribution in [0.1, 0.15) is 51.4 Å². The summed E-state index contributed by atoms with van der Waals surface area (Å²) in [6, 6.07) is 9.73. The van der Waals surface area contributed by atoms with E-state index in [1.54, 1.807) is 21.3 Å². The maximum atomic E-state index is 13.7. The maximum Gasteiger partial charge on any atom is 0.253 e. The Morgan fingerprint density at radius 2 is 1.65 bits per heavy atom. The number of hydrogen-bond acceptors (Lipinski definition) is 7. The van der Waals surface area contributed by atoms with Crippen molar-refractivity contribution in [2.45, 2.75) is 40.3 Å². The molecule has 10 heteroatoms. The van der Waals surface area contributed by atoms with Crippen molar-refractivity contribution in [3.8, 4) is 28.4 Å². The molecule has 0 bridgehead atoms. The first-order valence-corrected chi connectivity index (χ1v) is 14.4. The molecule has 3 aromatic heterocycles. The van der Waals surface area contributed by atoms with Crippen molar-refractivity contribution >= 4 is 11.4 Å². The summed E-state index contributed by atoms with van der Waals surface area (Å²) < 4.78 is 24.5. The number of hydrogen-bond donors (Lipinski definition) is 2. The fourth-order valence-corrected chi connectivity index (χ4v) is 6.03. The van der Waals surface area contributed by atoms with Crippen molar-refractivity contribution in [2.75, 3.05) is 47.6 Å². The van der Waals surface area contributed by atoms with Gasteiger partial charge in [0.2, 0.25) is 5.75 Å². The second-order valence-electron chi connectivity index (χ2n) is 11.0. The molecule has 1 aliphatic rings. The highest BCUT2D eigenvalue weighted by Crippen LogP contribution is 2.42. The lowest BCUT2D eigenvalue weighted by Gasteiger charge is -2.34. The summed E-state index contributed by atoms with van der Waals surface area (Å²) in [6.45, 7) is 11.0. The minimum Gasteiger partial charge on any atom is -0.493 e. The third-order valence-electron chi connectivity index (χ3n) is 8.34. The van der Waals surface area contributed by atoms with Gasteiger partial charge in [0.1, 0.15) is 0 Å². The molecule has 2 N–H and O–H groups in total. The van der Waals surface area contributed by atoms with Crippen molar-refractivity contribution in [3.05, 3.63) is 80.5 Å². The lowest BCUT2D eigenvalue weighted by Crippen LogP contribution is -2.39. The smallest absolute Gasteiger partial charge is 0.253 e. The number of H-pyrrole nitrogens is 1. The van der Waals surface area contributed by atoms with Crippen molar-refractivity contribution < 1.29 is 23.7 Å². The molecule has 228 valence electrons. The molecule has 1 aromatic carbocycles. The van der Waals surface area contributed by atoms with Crippen molar-refractivity contribution in [2.24, 2.45) is 0 Å². The van der Waals surface area contributed by atoms with Crippen LogP contribution in [-0.4, -0.2) is 67.8 Å². The first-order valence-electron chi connectivity index (χ1n) is 14.4. The molecule has 1 fully saturated rings. The zero-order chi connectivity index (χ0) is 30.8. The molecule has 0 aliphatic carbocycles. The minimum atomic E-state index is -0.231. The number of aromatic nitrogens is 2. The summed E-state index contributed by atoms with van der Waals surface area (Å²) in [6.07, 6.45) is 2.09. The summed E-state index contributed by atoms with van der Waals surface area (Å²) >= 11 is 0. The van der Waals surface area contributed by atoms with E-state index in [-0.39, 0.29) is 24.1 Å². The van der Waals surface area contributed by atoms with E-state index in [4.69, 9.17) is 18.9 Å². The van der Waals surface area contributed by atoms with Crippen LogP contribution in [0.4, 0.5) is 0 Å². The maximum absolute atomic E-state index is 13.7. The molecule has 1 atom stereocenters. The SMILES string of the molecule is COc1cc(-c2cc3cc(C(=O)NCc4c(C)cc(C)[nH]c4=O)c(C)c(C(C)N4CCOCC4)n3c2)cc(OC)c1OC. The highest BCUT2D eigenvalue weighted by Gasteiger charge is 2.26. The first kappa shape index (κ1) is 30.2. The lowest BCUT2D eigenvalue weighted by molar-refractivity contribution is 0.0187. The number of morpholine rings is 1. The molecule has 0 spiro atoms. The zero-order valence-corrected chi connectivity index (χ0v) is 25.9. The van der Waals surface area contributed by atoms with Crippen LogP contribution >= 0.6 is 0 Å². The van der Waals surface area contributed by atoms with Crippen molar-refractivity contribution in [1.82, 2.24) is 19.6 Å². The molecule has 0 saturated carbocycles. The Balaban J connectivity index is 1.61. The summed E-state index contributed by atoms with van der Waals surface area (Å²) in [5.41, 5.74) is 7.17. The third-order valence-corrected chi connectivity index (χ3v) is 8.34. The fourth-order valence-electron chi connectivity index (χ4n) is 6.03. The number of nitrogens with one attached hydrogen (secondary N) is 2. The molecule has 1 aliphatic heterocycles. The molecule has 4 heterocycles. The Labute approximate surface area is 251 Å². The van der Waals surface area contributed by atoms with Gasteiger partial charge in [0.15, 0.2) is 11.5 Å². The Morgan fingerprint density at radius 3 is 2.26 bits per heavy atom. The van der Waals surface area contributed by atoms with E-state index in [2.05, 4.69) is 38.8 Å². The average molecular weight is 589 g/mol. The van der Waals surface area contributed by atoms with E-state index in [0.717, 1.165) is 52.2 Å². The normalized spacial score (nSPS) is 14.5. The fraction of sp³-hybridized carbons (Fsp3) is 0.394. The molecule has 1 amide bonds. The Hall–Kier alpha value is -4.28. The van der Waals surface area contributed by atoms with Crippen LogP contribution in [0, 0.1) is 20.8 Å². The van der Waals surface area contributed by atoms with E-state index < -0.39 is 0 Å². The van der Waals surface area contributed by atoms with Gasteiger partial charge in [-0.05, 0) is 74.7 Å². The molecular weight excluding hydrogens is 548 g/mol. The van der Waals surface area contributed by atoms with E-state index in [1.807, 2.05) is 45.0 Å². The number of nitrogens with zero attached hydrogens (tertiary/aromatic N) is 2. The van der Waals surface area contributed by atoms with Gasteiger partial charge >= 0.3 is 0 Å². The average Bonchev–Trinajstić information content (AvgIpc) is 3.43. The van der Waals surface area contributed by atoms with Crippen LogP contribution in [-0.2, 0) is 11.3 Å². The highest BCUT2D eigenvalue weighted by atomic mass is 16.5. The van der Waals surface area contributed by atoms with Gasteiger partial charge in [0.05, 0.1) is 34.5 Å². The number of fused-ring (bicyclic) bond motifs is 1. The number of pyridine rings is 2. The standard InChI is InChI=1S/C33H40N4O6/c1-19-12-20(2)35-33(39)27(19)17-34-32(38)26-16-25-13-24(23-14-28(40-5)31(42-7)29(15-23)41-6)18-37(25)30(21(26)3)22(4)36-8-10-43-11-9-36/h12-16,18,22H,8-11,17H2,1-7H3,(H,34,38)(H,35,39). The number of methoxy groups -OCH3 is 3. The largest absolute Gasteiger partial charge is 0.493 e. The Morgan fingerprint density at radius 1 is 0.977 bits per heavy atom. The summed E-state index contributed by atoms with van der Waals surface area (Å²) in [7, 11) is 4.77. The number of benzene rings is 1. The molecule has 10 nitrogen and oxygen atoms in total. The number of amides is 1. The van der Waals surface area contributed by atoms with Crippen LogP contribution < -0.4 is 25.1 Å². The monoisotopic (exact) mass is 588 g/mol. The van der Waals surface area contributed by atoms with Gasteiger partial charge in [-0.1, -0.05) is 0 Å². The van der Waals surface area contributed by atoms with Gasteiger partial charge in [0, 0.05) is 65.5 Å². The second-order valence-corrected chi connectivity index (χ2v) is 11.0. The van der Waals surface area contributed by atoms with Crippen LogP contribution in [0.5, 0.6) is 17.2 Å². The number of rotatable bonds is 9. The molecule has 0 radical (unpaired) electrons. The van der Waals surface area contributed by atoms with E-state index >= 15 is 0 Å². The van der Waals surface area contributed by atoms with Crippen LogP contribution in [0.15, 0.2) is 41.3 Å². The molecule has 4 aromatic rings. The summed E-state index contributed by atoms with van der Waals surface area (Å²) in [5.74, 6) is 1.42. The first-order chi connectivity index (χ1) is 20.7. The minimum absolute atomic E-state index is 0.0153. The van der Waals surface area contributed by atoms with Gasteiger partial charge in [-0.2, -0.15) is 0 Å². The zero-order valence-electron chi connectivity index (χ0n) is 25.9. The molecule has 5 rings (SSSR count). The van der Waals surface area contributed by atoms with Gasteiger partial charge < -0.3 is 33.6 Å².